The van der Waals surface area contributed by atoms with Gasteiger partial charge >= 0.3 is 6.03 Å². The van der Waals surface area contributed by atoms with Crippen molar-refractivity contribution in [1.82, 2.24) is 20.1 Å². The minimum absolute atomic E-state index is 0.0919. The van der Waals surface area contributed by atoms with Gasteiger partial charge in [-0.1, -0.05) is 42.5 Å². The molecule has 2 unspecified atom stereocenters. The monoisotopic (exact) mass is 442 g/mol. The molecule has 0 saturated heterocycles. The zero-order valence-corrected chi connectivity index (χ0v) is 18.2. The third kappa shape index (κ3) is 5.19. The summed E-state index contributed by atoms with van der Waals surface area (Å²) in [6.45, 7) is 1.88. The number of pyridine rings is 1. The Labute approximate surface area is 192 Å². The molecule has 168 valence electrons. The molecule has 2 aromatic carbocycles. The number of hydrogen-bond donors (Lipinski definition) is 4. The van der Waals surface area contributed by atoms with Gasteiger partial charge in [0.2, 0.25) is 0 Å². The molecule has 0 aliphatic heterocycles. The van der Waals surface area contributed by atoms with Crippen LogP contribution in [0.2, 0.25) is 0 Å². The van der Waals surface area contributed by atoms with E-state index in [1.54, 1.807) is 41.5 Å². The first-order valence-corrected chi connectivity index (χ1v) is 10.6. The first-order chi connectivity index (χ1) is 16.0. The van der Waals surface area contributed by atoms with Crippen molar-refractivity contribution in [3.8, 4) is 11.4 Å². The van der Waals surface area contributed by atoms with Gasteiger partial charge in [0.25, 0.3) is 0 Å². The van der Waals surface area contributed by atoms with E-state index >= 15 is 0 Å². The third-order valence-electron chi connectivity index (χ3n) is 5.48. The summed E-state index contributed by atoms with van der Waals surface area (Å²) in [6.07, 6.45) is 5.37. The second-order valence-electron chi connectivity index (χ2n) is 7.73. The number of anilines is 1. The zero-order chi connectivity index (χ0) is 23.2. The van der Waals surface area contributed by atoms with Gasteiger partial charge < -0.3 is 21.5 Å². The average molecular weight is 443 g/mol. The van der Waals surface area contributed by atoms with Crippen LogP contribution in [-0.2, 0) is 0 Å². The number of nitrogens with zero attached hydrogens (tertiary/aromatic N) is 3. The second kappa shape index (κ2) is 9.97. The van der Waals surface area contributed by atoms with Crippen LogP contribution in [-0.4, -0.2) is 25.9 Å². The van der Waals surface area contributed by atoms with Crippen LogP contribution in [0.5, 0.6) is 5.75 Å². The molecule has 2 aromatic heterocycles. The maximum atomic E-state index is 12.9. The highest BCUT2D eigenvalue weighted by Crippen LogP contribution is 2.30. The Bertz CT molecular complexity index is 1210. The molecular weight excluding hydrogens is 416 g/mol. The Morgan fingerprint density at radius 3 is 2.55 bits per heavy atom. The van der Waals surface area contributed by atoms with Crippen molar-refractivity contribution in [2.75, 3.05) is 5.32 Å². The fraction of sp³-hybridized carbons (Fsp3) is 0.160. The maximum Gasteiger partial charge on any atom is 0.319 e. The highest BCUT2D eigenvalue weighted by Gasteiger charge is 2.22. The van der Waals surface area contributed by atoms with E-state index in [4.69, 9.17) is 5.73 Å². The Morgan fingerprint density at radius 1 is 1.06 bits per heavy atom. The summed E-state index contributed by atoms with van der Waals surface area (Å²) in [4.78, 5) is 17.0. The number of benzene rings is 2. The summed E-state index contributed by atoms with van der Waals surface area (Å²) in [6, 6.07) is 19.0. The molecule has 8 heteroatoms. The summed E-state index contributed by atoms with van der Waals surface area (Å²) in [5.41, 5.74) is 10.1. The summed E-state index contributed by atoms with van der Waals surface area (Å²) in [5, 5.41) is 20.6. The number of phenolic OH excluding ortho intramolecular Hbond substituents is 1. The molecule has 2 amide bonds. The van der Waals surface area contributed by atoms with Gasteiger partial charge in [0, 0.05) is 24.0 Å². The number of rotatable bonds is 7. The molecule has 0 bridgehead atoms. The molecule has 0 aliphatic carbocycles. The molecule has 4 aromatic rings. The lowest BCUT2D eigenvalue weighted by Crippen LogP contribution is -2.34. The lowest BCUT2D eigenvalue weighted by molar-refractivity contribution is 0.247. The third-order valence-corrected chi connectivity index (χ3v) is 5.48. The van der Waals surface area contributed by atoms with E-state index in [1.165, 1.54) is 0 Å². The molecule has 2 heterocycles. The number of aromatic hydroxyl groups is 1. The van der Waals surface area contributed by atoms with Crippen molar-refractivity contribution in [3.05, 3.63) is 102 Å². The van der Waals surface area contributed by atoms with E-state index in [9.17, 15) is 9.90 Å². The number of hydrogen-bond acceptors (Lipinski definition) is 5. The minimum atomic E-state index is -0.522. The van der Waals surface area contributed by atoms with E-state index in [-0.39, 0.29) is 11.8 Å². The van der Waals surface area contributed by atoms with Gasteiger partial charge in [0.1, 0.15) is 5.75 Å². The van der Waals surface area contributed by atoms with Crippen LogP contribution in [0.1, 0.15) is 35.3 Å². The second-order valence-corrected chi connectivity index (χ2v) is 7.73. The summed E-state index contributed by atoms with van der Waals surface area (Å²) < 4.78 is 1.76. The smallest absolute Gasteiger partial charge is 0.319 e. The molecule has 4 rings (SSSR count). The van der Waals surface area contributed by atoms with Crippen LogP contribution < -0.4 is 16.4 Å². The van der Waals surface area contributed by atoms with E-state index in [2.05, 4.69) is 20.7 Å². The van der Waals surface area contributed by atoms with Gasteiger partial charge in [0.05, 0.1) is 29.3 Å². The molecule has 0 spiro atoms. The SMILES string of the molecule is Cc1c(NC(=O)NC(CC(N)c2cccnc2)c2ccccc2O)cnn1-c1ccccc1. The Balaban J connectivity index is 1.52. The van der Waals surface area contributed by atoms with E-state index in [1.807, 2.05) is 55.5 Å². The number of aromatic nitrogens is 3. The Morgan fingerprint density at radius 2 is 1.82 bits per heavy atom. The number of para-hydroxylation sites is 2. The predicted molar refractivity (Wildman–Crippen MR) is 127 cm³/mol. The minimum Gasteiger partial charge on any atom is -0.508 e. The zero-order valence-electron chi connectivity index (χ0n) is 18.2. The largest absolute Gasteiger partial charge is 0.508 e. The van der Waals surface area contributed by atoms with Crippen molar-refractivity contribution < 1.29 is 9.90 Å². The number of urea groups is 1. The van der Waals surface area contributed by atoms with Gasteiger partial charge in [-0.25, -0.2) is 9.48 Å². The van der Waals surface area contributed by atoms with Crippen molar-refractivity contribution >= 4 is 11.7 Å². The van der Waals surface area contributed by atoms with E-state index < -0.39 is 12.1 Å². The summed E-state index contributed by atoms with van der Waals surface area (Å²) in [7, 11) is 0. The van der Waals surface area contributed by atoms with Gasteiger partial charge in [-0.2, -0.15) is 5.10 Å². The first-order valence-electron chi connectivity index (χ1n) is 10.6. The fourth-order valence-electron chi connectivity index (χ4n) is 3.71. The highest BCUT2D eigenvalue weighted by molar-refractivity contribution is 5.90. The number of phenols is 1. The van der Waals surface area contributed by atoms with Crippen LogP contribution in [0.15, 0.2) is 85.3 Å². The predicted octanol–water partition coefficient (Wildman–Crippen LogP) is 4.23. The van der Waals surface area contributed by atoms with Crippen molar-refractivity contribution in [2.24, 2.45) is 5.73 Å². The van der Waals surface area contributed by atoms with Gasteiger partial charge in [-0.05, 0) is 43.2 Å². The number of carbonyl (C=O) groups excluding carboxylic acids is 1. The topological polar surface area (TPSA) is 118 Å². The van der Waals surface area contributed by atoms with E-state index in [0.717, 1.165) is 16.9 Å². The Kier molecular flexibility index (Phi) is 6.66. The molecular formula is C25H26N6O2. The molecule has 2 atom stereocenters. The quantitative estimate of drug-likeness (QED) is 0.342. The number of nitrogens with one attached hydrogen (secondary N) is 2. The molecule has 33 heavy (non-hydrogen) atoms. The van der Waals surface area contributed by atoms with Crippen LogP contribution in [0.3, 0.4) is 0 Å². The molecule has 0 fully saturated rings. The van der Waals surface area contributed by atoms with Gasteiger partial charge in [0.15, 0.2) is 0 Å². The van der Waals surface area contributed by atoms with Crippen molar-refractivity contribution in [3.63, 3.8) is 0 Å². The molecule has 0 radical (unpaired) electrons. The van der Waals surface area contributed by atoms with Gasteiger partial charge in [-0.3, -0.25) is 4.98 Å². The fourth-order valence-corrected chi connectivity index (χ4v) is 3.71. The summed E-state index contributed by atoms with van der Waals surface area (Å²) in [5.74, 6) is 0.0919. The number of nitrogens with two attached hydrogens (primary N) is 1. The number of carbonyl (C=O) groups is 1. The Hall–Kier alpha value is -4.17. The van der Waals surface area contributed by atoms with Crippen LogP contribution in [0.4, 0.5) is 10.5 Å². The highest BCUT2D eigenvalue weighted by atomic mass is 16.3. The first kappa shape index (κ1) is 22.0. The lowest BCUT2D eigenvalue weighted by Gasteiger charge is -2.23. The molecule has 5 N–H and O–H groups in total. The normalized spacial score (nSPS) is 12.7. The molecule has 8 nitrogen and oxygen atoms in total. The van der Waals surface area contributed by atoms with E-state index in [0.29, 0.717) is 17.7 Å². The van der Waals surface area contributed by atoms with Crippen LogP contribution >= 0.6 is 0 Å². The number of amides is 2. The van der Waals surface area contributed by atoms with Crippen LogP contribution in [0.25, 0.3) is 5.69 Å². The standard InChI is InChI=1S/C25H26N6O2/c1-17-23(16-28-31(17)19-9-3-2-4-10-19)30-25(33)29-22(20-11-5-6-12-24(20)32)14-21(26)18-8-7-13-27-15-18/h2-13,15-16,21-22,32H,14,26H2,1H3,(H2,29,30,33). The van der Waals surface area contributed by atoms with Crippen molar-refractivity contribution in [1.29, 1.82) is 0 Å². The van der Waals surface area contributed by atoms with Gasteiger partial charge in [-0.15, -0.1) is 0 Å². The summed E-state index contributed by atoms with van der Waals surface area (Å²) >= 11 is 0. The van der Waals surface area contributed by atoms with Crippen molar-refractivity contribution in [2.45, 2.75) is 25.4 Å². The molecule has 0 saturated carbocycles. The maximum absolute atomic E-state index is 12.9. The lowest BCUT2D eigenvalue weighted by atomic mass is 9.95. The molecule has 0 aliphatic rings. The van der Waals surface area contributed by atoms with Crippen LogP contribution in [0, 0.1) is 6.92 Å². The average Bonchev–Trinajstić information content (AvgIpc) is 3.19.